The van der Waals surface area contributed by atoms with Crippen molar-refractivity contribution in [2.75, 3.05) is 27.4 Å². The van der Waals surface area contributed by atoms with Crippen molar-refractivity contribution < 1.29 is 19.0 Å². The fourth-order valence-corrected chi connectivity index (χ4v) is 2.83. The van der Waals surface area contributed by atoms with E-state index in [1.54, 1.807) is 26.6 Å². The lowest BCUT2D eigenvalue weighted by Crippen LogP contribution is -2.25. The predicted molar refractivity (Wildman–Crippen MR) is 112 cm³/mol. The highest BCUT2D eigenvalue weighted by atomic mass is 16.5. The lowest BCUT2D eigenvalue weighted by atomic mass is 10.0. The summed E-state index contributed by atoms with van der Waals surface area (Å²) in [5, 5.41) is 2.91. The molecule has 0 fully saturated rings. The van der Waals surface area contributed by atoms with Crippen LogP contribution in [0.4, 0.5) is 0 Å². The number of hydrogen-bond acceptors (Lipinski definition) is 5. The Hall–Kier alpha value is -3.54. The molecule has 1 amide bonds. The molecule has 3 rings (SSSR count). The van der Waals surface area contributed by atoms with Gasteiger partial charge in [0.25, 0.3) is 5.91 Å². The molecule has 0 saturated carbocycles. The van der Waals surface area contributed by atoms with Crippen LogP contribution in [-0.4, -0.2) is 38.3 Å². The molecule has 150 valence electrons. The maximum absolute atomic E-state index is 12.3. The van der Waals surface area contributed by atoms with Crippen LogP contribution in [0.1, 0.15) is 16.8 Å². The van der Waals surface area contributed by atoms with Gasteiger partial charge >= 0.3 is 0 Å². The first-order valence-electron chi connectivity index (χ1n) is 9.35. The van der Waals surface area contributed by atoms with Crippen molar-refractivity contribution in [3.8, 4) is 28.4 Å². The van der Waals surface area contributed by atoms with Crippen LogP contribution >= 0.6 is 0 Å². The highest BCUT2D eigenvalue weighted by molar-refractivity contribution is 5.94. The van der Waals surface area contributed by atoms with Crippen LogP contribution in [0.2, 0.25) is 0 Å². The van der Waals surface area contributed by atoms with Gasteiger partial charge in [0.1, 0.15) is 5.75 Å². The van der Waals surface area contributed by atoms with E-state index >= 15 is 0 Å². The lowest BCUT2D eigenvalue weighted by molar-refractivity contribution is 0.0951. The first kappa shape index (κ1) is 20.2. The zero-order chi connectivity index (χ0) is 20.5. The van der Waals surface area contributed by atoms with E-state index in [1.807, 2.05) is 54.6 Å². The number of ether oxygens (including phenoxy) is 3. The molecule has 0 aliphatic carbocycles. The largest absolute Gasteiger partial charge is 0.493 e. The van der Waals surface area contributed by atoms with Crippen LogP contribution in [-0.2, 0) is 0 Å². The molecule has 0 atom stereocenters. The number of amides is 1. The Kier molecular flexibility index (Phi) is 7.05. The average Bonchev–Trinajstić information content (AvgIpc) is 2.79. The zero-order valence-corrected chi connectivity index (χ0v) is 16.6. The van der Waals surface area contributed by atoms with Crippen molar-refractivity contribution in [1.82, 2.24) is 10.3 Å². The normalized spacial score (nSPS) is 10.3. The van der Waals surface area contributed by atoms with Gasteiger partial charge in [-0.25, -0.2) is 0 Å². The van der Waals surface area contributed by atoms with Crippen LogP contribution in [0.15, 0.2) is 67.0 Å². The second-order valence-electron chi connectivity index (χ2n) is 6.29. The molecule has 0 spiro atoms. The van der Waals surface area contributed by atoms with Gasteiger partial charge in [-0.3, -0.25) is 9.78 Å². The number of pyridine rings is 1. The average molecular weight is 392 g/mol. The van der Waals surface area contributed by atoms with Crippen LogP contribution in [0.25, 0.3) is 11.1 Å². The smallest absolute Gasteiger partial charge is 0.251 e. The van der Waals surface area contributed by atoms with E-state index in [0.29, 0.717) is 36.6 Å². The number of aromatic nitrogens is 1. The summed E-state index contributed by atoms with van der Waals surface area (Å²) in [6.07, 6.45) is 4.08. The molecule has 1 N–H and O–H groups in total. The Morgan fingerprint density at radius 1 is 0.966 bits per heavy atom. The summed E-state index contributed by atoms with van der Waals surface area (Å²) in [5.41, 5.74) is 2.59. The van der Waals surface area contributed by atoms with Crippen LogP contribution in [0.3, 0.4) is 0 Å². The Bertz CT molecular complexity index is 927. The molecule has 1 heterocycles. The van der Waals surface area contributed by atoms with Crippen molar-refractivity contribution in [2.24, 2.45) is 0 Å². The third kappa shape index (κ3) is 5.48. The highest BCUT2D eigenvalue weighted by Crippen LogP contribution is 2.32. The molecule has 0 aliphatic rings. The molecule has 0 saturated heterocycles. The summed E-state index contributed by atoms with van der Waals surface area (Å²) >= 11 is 0. The number of hydrogen-bond donors (Lipinski definition) is 1. The minimum Gasteiger partial charge on any atom is -0.493 e. The number of benzene rings is 2. The third-order valence-corrected chi connectivity index (χ3v) is 4.37. The number of carbonyl (C=O) groups is 1. The fourth-order valence-electron chi connectivity index (χ4n) is 2.83. The number of nitrogens with zero attached hydrogens (tertiary/aromatic N) is 1. The Balaban J connectivity index is 1.51. The van der Waals surface area contributed by atoms with E-state index in [4.69, 9.17) is 14.2 Å². The maximum Gasteiger partial charge on any atom is 0.251 e. The van der Waals surface area contributed by atoms with E-state index in [1.165, 1.54) is 0 Å². The molecule has 0 bridgehead atoms. The van der Waals surface area contributed by atoms with E-state index in [0.717, 1.165) is 16.9 Å². The Morgan fingerprint density at radius 2 is 1.72 bits per heavy atom. The van der Waals surface area contributed by atoms with Gasteiger partial charge in [-0.2, -0.15) is 0 Å². The van der Waals surface area contributed by atoms with Crippen LogP contribution in [0.5, 0.6) is 17.2 Å². The molecule has 0 unspecified atom stereocenters. The van der Waals surface area contributed by atoms with Crippen molar-refractivity contribution in [3.05, 3.63) is 72.6 Å². The predicted octanol–water partition coefficient (Wildman–Crippen LogP) is 3.96. The summed E-state index contributed by atoms with van der Waals surface area (Å²) in [6, 6.07) is 16.9. The molecule has 3 aromatic rings. The van der Waals surface area contributed by atoms with E-state index < -0.39 is 0 Å². The standard InChI is InChI=1S/C23H24N2O4/c1-27-21-11-10-19(15-22(21)28-2)17-6-8-18(9-7-17)23(26)25-13-4-14-29-20-5-3-12-24-16-20/h3,5-12,15-16H,4,13-14H2,1-2H3,(H,25,26). The lowest BCUT2D eigenvalue weighted by Gasteiger charge is -2.10. The Morgan fingerprint density at radius 3 is 2.41 bits per heavy atom. The summed E-state index contributed by atoms with van der Waals surface area (Å²) in [4.78, 5) is 16.3. The fraction of sp³-hybridized carbons (Fsp3) is 0.217. The highest BCUT2D eigenvalue weighted by Gasteiger charge is 2.08. The molecule has 2 aromatic carbocycles. The van der Waals surface area contributed by atoms with Gasteiger partial charge < -0.3 is 19.5 Å². The molecule has 29 heavy (non-hydrogen) atoms. The zero-order valence-electron chi connectivity index (χ0n) is 16.6. The second kappa shape index (κ2) is 10.1. The summed E-state index contributed by atoms with van der Waals surface area (Å²) in [6.45, 7) is 1.06. The third-order valence-electron chi connectivity index (χ3n) is 4.37. The van der Waals surface area contributed by atoms with E-state index in [-0.39, 0.29) is 5.91 Å². The van der Waals surface area contributed by atoms with Gasteiger partial charge in [0.2, 0.25) is 0 Å². The first-order valence-corrected chi connectivity index (χ1v) is 9.35. The minimum absolute atomic E-state index is 0.106. The molecule has 0 radical (unpaired) electrons. The number of methoxy groups -OCH3 is 2. The number of nitrogens with one attached hydrogen (secondary N) is 1. The van der Waals surface area contributed by atoms with Crippen molar-refractivity contribution in [2.45, 2.75) is 6.42 Å². The summed E-state index contributed by atoms with van der Waals surface area (Å²) in [7, 11) is 3.22. The van der Waals surface area contributed by atoms with E-state index in [2.05, 4.69) is 10.3 Å². The molecule has 6 nitrogen and oxygen atoms in total. The minimum atomic E-state index is -0.106. The molecule has 0 aliphatic heterocycles. The second-order valence-corrected chi connectivity index (χ2v) is 6.29. The van der Waals surface area contributed by atoms with Gasteiger partial charge in [0.15, 0.2) is 11.5 Å². The van der Waals surface area contributed by atoms with Gasteiger partial charge in [-0.05, 0) is 53.9 Å². The number of carbonyl (C=O) groups excluding carboxylic acids is 1. The van der Waals surface area contributed by atoms with Crippen molar-refractivity contribution in [1.29, 1.82) is 0 Å². The van der Waals surface area contributed by atoms with Crippen molar-refractivity contribution in [3.63, 3.8) is 0 Å². The topological polar surface area (TPSA) is 69.7 Å². The van der Waals surface area contributed by atoms with E-state index in [9.17, 15) is 4.79 Å². The van der Waals surface area contributed by atoms with Crippen molar-refractivity contribution >= 4 is 5.91 Å². The Labute approximate surface area is 170 Å². The maximum atomic E-state index is 12.3. The molecular weight excluding hydrogens is 368 g/mol. The summed E-state index contributed by atoms with van der Waals surface area (Å²) < 4.78 is 16.2. The molecule has 6 heteroatoms. The summed E-state index contributed by atoms with van der Waals surface area (Å²) in [5.74, 6) is 1.97. The van der Waals surface area contributed by atoms with Crippen LogP contribution < -0.4 is 19.5 Å². The van der Waals surface area contributed by atoms with Crippen LogP contribution in [0, 0.1) is 0 Å². The molecule has 1 aromatic heterocycles. The quantitative estimate of drug-likeness (QED) is 0.558. The molecular formula is C23H24N2O4. The van der Waals surface area contributed by atoms with Gasteiger partial charge in [-0.15, -0.1) is 0 Å². The monoisotopic (exact) mass is 392 g/mol. The SMILES string of the molecule is COc1ccc(-c2ccc(C(=O)NCCCOc3cccnc3)cc2)cc1OC. The number of rotatable bonds is 9. The van der Waals surface area contributed by atoms with Gasteiger partial charge in [0.05, 0.1) is 27.0 Å². The van der Waals surface area contributed by atoms with Gasteiger partial charge in [0, 0.05) is 18.3 Å². The van der Waals surface area contributed by atoms with Gasteiger partial charge in [-0.1, -0.05) is 18.2 Å². The first-order chi connectivity index (χ1) is 14.2.